The van der Waals surface area contributed by atoms with Gasteiger partial charge in [0, 0.05) is 18.4 Å². The second kappa shape index (κ2) is 8.63. The number of methoxy groups -OCH3 is 4. The molecule has 0 radical (unpaired) electrons. The minimum Gasteiger partial charge on any atom is -0.497 e. The maximum Gasteiger partial charge on any atom is 0.203 e. The van der Waals surface area contributed by atoms with Gasteiger partial charge in [0.05, 0.1) is 34.5 Å². The van der Waals surface area contributed by atoms with Crippen LogP contribution in [0.5, 0.6) is 23.0 Å². The molecule has 0 unspecified atom stereocenters. The minimum atomic E-state index is -0.0569. The molecule has 2 heterocycles. The highest BCUT2D eigenvalue weighted by molar-refractivity contribution is 5.56. The van der Waals surface area contributed by atoms with Crippen molar-refractivity contribution < 1.29 is 18.9 Å². The van der Waals surface area contributed by atoms with Crippen LogP contribution in [0.2, 0.25) is 0 Å². The molecule has 1 aromatic heterocycles. The first-order valence-electron chi connectivity index (χ1n) is 9.81. The lowest BCUT2D eigenvalue weighted by Gasteiger charge is -2.34. The Kier molecular flexibility index (Phi) is 5.77. The van der Waals surface area contributed by atoms with Crippen molar-refractivity contribution in [3.8, 4) is 23.0 Å². The average molecular weight is 406 g/mol. The maximum absolute atomic E-state index is 5.58. The van der Waals surface area contributed by atoms with Crippen LogP contribution in [0.3, 0.4) is 0 Å². The Morgan fingerprint density at radius 2 is 1.63 bits per heavy atom. The van der Waals surface area contributed by atoms with Gasteiger partial charge in [-0.1, -0.05) is 12.1 Å². The van der Waals surface area contributed by atoms with E-state index in [9.17, 15) is 0 Å². The fraction of sp³-hybridized carbons (Fsp3) is 0.292. The molecule has 2 aromatic carbocycles. The number of fused-ring (bicyclic) bond motifs is 1. The third kappa shape index (κ3) is 3.66. The van der Waals surface area contributed by atoms with E-state index in [2.05, 4.69) is 28.5 Å². The number of rotatable bonds is 6. The van der Waals surface area contributed by atoms with Gasteiger partial charge in [0.25, 0.3) is 0 Å². The third-order valence-electron chi connectivity index (χ3n) is 5.56. The zero-order valence-electron chi connectivity index (χ0n) is 17.6. The van der Waals surface area contributed by atoms with Crippen LogP contribution in [0.25, 0.3) is 0 Å². The summed E-state index contributed by atoms with van der Waals surface area (Å²) in [6, 6.07) is 14.3. The summed E-state index contributed by atoms with van der Waals surface area (Å²) in [4.78, 5) is 4.30. The molecule has 156 valence electrons. The van der Waals surface area contributed by atoms with E-state index in [1.54, 1.807) is 34.6 Å². The van der Waals surface area contributed by atoms with Gasteiger partial charge in [-0.2, -0.15) is 0 Å². The first-order chi connectivity index (χ1) is 14.7. The molecular weight excluding hydrogens is 380 g/mol. The van der Waals surface area contributed by atoms with Crippen LogP contribution in [-0.2, 0) is 6.42 Å². The molecule has 3 aromatic rings. The van der Waals surface area contributed by atoms with Crippen molar-refractivity contribution in [2.24, 2.45) is 0 Å². The second-order valence-corrected chi connectivity index (χ2v) is 7.17. The summed E-state index contributed by atoms with van der Waals surface area (Å²) >= 11 is 0. The van der Waals surface area contributed by atoms with Crippen molar-refractivity contribution in [2.45, 2.75) is 18.5 Å². The van der Waals surface area contributed by atoms with Gasteiger partial charge in [-0.05, 0) is 59.0 Å². The largest absolute Gasteiger partial charge is 0.497 e. The third-order valence-corrected chi connectivity index (χ3v) is 5.56. The van der Waals surface area contributed by atoms with Crippen LogP contribution < -0.4 is 24.3 Å². The Bertz CT molecular complexity index is 998. The van der Waals surface area contributed by atoms with E-state index >= 15 is 0 Å². The van der Waals surface area contributed by atoms with Gasteiger partial charge in [-0.15, -0.1) is 0 Å². The summed E-state index contributed by atoms with van der Waals surface area (Å²) in [6.07, 6.45) is 4.55. The summed E-state index contributed by atoms with van der Waals surface area (Å²) in [6.45, 7) is 0. The Labute approximate surface area is 176 Å². The summed E-state index contributed by atoms with van der Waals surface area (Å²) in [7, 11) is 6.57. The number of nitrogens with one attached hydrogen (secondary N) is 1. The van der Waals surface area contributed by atoms with Crippen LogP contribution in [0.4, 0.5) is 0 Å². The van der Waals surface area contributed by atoms with Crippen molar-refractivity contribution in [3.05, 3.63) is 77.1 Å². The predicted molar refractivity (Wildman–Crippen MR) is 115 cm³/mol. The lowest BCUT2D eigenvalue weighted by atomic mass is 9.84. The minimum absolute atomic E-state index is 0.0569. The summed E-state index contributed by atoms with van der Waals surface area (Å²) in [5.41, 5.74) is 4.61. The molecule has 1 N–H and O–H groups in total. The zero-order valence-corrected chi connectivity index (χ0v) is 17.6. The van der Waals surface area contributed by atoms with Gasteiger partial charge in [0.1, 0.15) is 5.75 Å². The number of pyridine rings is 1. The molecule has 2 atom stereocenters. The smallest absolute Gasteiger partial charge is 0.203 e. The van der Waals surface area contributed by atoms with E-state index in [1.165, 1.54) is 11.1 Å². The fourth-order valence-corrected chi connectivity index (χ4v) is 4.08. The number of hydrogen-bond acceptors (Lipinski definition) is 6. The number of nitrogens with zero attached hydrogens (tertiary/aromatic N) is 1. The molecule has 4 rings (SSSR count). The highest BCUT2D eigenvalue weighted by Gasteiger charge is 2.30. The van der Waals surface area contributed by atoms with Gasteiger partial charge in [0.15, 0.2) is 11.5 Å². The first-order valence-corrected chi connectivity index (χ1v) is 9.81. The molecule has 0 aliphatic carbocycles. The predicted octanol–water partition coefficient (Wildman–Crippen LogP) is 4.09. The molecule has 1 aliphatic rings. The Morgan fingerprint density at radius 3 is 2.23 bits per heavy atom. The van der Waals surface area contributed by atoms with Gasteiger partial charge >= 0.3 is 0 Å². The van der Waals surface area contributed by atoms with Crippen LogP contribution in [-0.4, -0.2) is 33.4 Å². The molecule has 0 saturated carbocycles. The molecule has 0 bridgehead atoms. The van der Waals surface area contributed by atoms with Crippen LogP contribution >= 0.6 is 0 Å². The first kappa shape index (κ1) is 20.0. The molecule has 0 saturated heterocycles. The average Bonchev–Trinajstić information content (AvgIpc) is 2.82. The summed E-state index contributed by atoms with van der Waals surface area (Å²) in [5, 5.41) is 3.79. The molecule has 0 fully saturated rings. The second-order valence-electron chi connectivity index (χ2n) is 7.17. The molecule has 0 spiro atoms. The number of benzene rings is 2. The quantitative estimate of drug-likeness (QED) is 0.665. The van der Waals surface area contributed by atoms with Gasteiger partial charge in [-0.25, -0.2) is 0 Å². The van der Waals surface area contributed by atoms with Gasteiger partial charge < -0.3 is 18.9 Å². The van der Waals surface area contributed by atoms with E-state index in [0.717, 1.165) is 23.3 Å². The van der Waals surface area contributed by atoms with Gasteiger partial charge in [-0.3, -0.25) is 10.3 Å². The highest BCUT2D eigenvalue weighted by atomic mass is 16.5. The SMILES string of the molecule is COc1ccc2c(c1)C[C@@H](c1cccnc1)N[C@H]2c1cc(OC)c(OC)c(OC)c1. The standard InChI is InChI=1S/C24H26N2O4/c1-27-18-7-8-19-16(10-18)11-20(15-6-5-9-25-14-15)26-23(19)17-12-21(28-2)24(30-4)22(13-17)29-3/h5-10,12-14,20,23,26H,11H2,1-4H3/t20-,23-/m0/s1. The molecule has 1 aliphatic heterocycles. The topological polar surface area (TPSA) is 61.8 Å². The van der Waals surface area contributed by atoms with Crippen molar-refractivity contribution in [1.29, 1.82) is 0 Å². The normalized spacial score (nSPS) is 17.7. The Hall–Kier alpha value is -3.25. The molecule has 6 nitrogen and oxygen atoms in total. The molecular formula is C24H26N2O4. The molecule has 30 heavy (non-hydrogen) atoms. The molecule has 0 amide bonds. The fourth-order valence-electron chi connectivity index (χ4n) is 4.08. The zero-order chi connectivity index (χ0) is 21.1. The van der Waals surface area contributed by atoms with Crippen LogP contribution in [0, 0.1) is 0 Å². The summed E-state index contributed by atoms with van der Waals surface area (Å²) in [5.74, 6) is 2.70. The van der Waals surface area contributed by atoms with E-state index in [1.807, 2.05) is 30.5 Å². The Balaban J connectivity index is 1.84. The maximum atomic E-state index is 5.58. The number of hydrogen-bond donors (Lipinski definition) is 1. The summed E-state index contributed by atoms with van der Waals surface area (Å²) < 4.78 is 22.1. The van der Waals surface area contributed by atoms with E-state index in [-0.39, 0.29) is 12.1 Å². The Morgan fingerprint density at radius 1 is 0.867 bits per heavy atom. The van der Waals surface area contributed by atoms with E-state index in [4.69, 9.17) is 18.9 Å². The lowest BCUT2D eigenvalue weighted by molar-refractivity contribution is 0.322. The van der Waals surface area contributed by atoms with Gasteiger partial charge in [0.2, 0.25) is 5.75 Å². The highest BCUT2D eigenvalue weighted by Crippen LogP contribution is 2.43. The number of ether oxygens (including phenoxy) is 4. The number of aromatic nitrogens is 1. The van der Waals surface area contributed by atoms with Crippen LogP contribution in [0.1, 0.15) is 34.3 Å². The van der Waals surface area contributed by atoms with Crippen molar-refractivity contribution in [1.82, 2.24) is 10.3 Å². The van der Waals surface area contributed by atoms with Crippen LogP contribution in [0.15, 0.2) is 54.9 Å². The lowest BCUT2D eigenvalue weighted by Crippen LogP contribution is -2.34. The van der Waals surface area contributed by atoms with E-state index < -0.39 is 0 Å². The van der Waals surface area contributed by atoms with Crippen molar-refractivity contribution in [3.63, 3.8) is 0 Å². The van der Waals surface area contributed by atoms with E-state index in [0.29, 0.717) is 17.2 Å². The van der Waals surface area contributed by atoms with Crippen molar-refractivity contribution >= 4 is 0 Å². The monoisotopic (exact) mass is 406 g/mol. The molecule has 6 heteroatoms. The van der Waals surface area contributed by atoms with Crippen molar-refractivity contribution in [2.75, 3.05) is 28.4 Å².